The predicted molar refractivity (Wildman–Crippen MR) is 593 cm³/mol. The Labute approximate surface area is 820 Å². The second-order valence-electron chi connectivity index (χ2n) is 47.7. The zero-order valence-corrected chi connectivity index (χ0v) is 86.1. The van der Waals surface area contributed by atoms with Gasteiger partial charge in [-0.05, 0) is 400 Å². The van der Waals surface area contributed by atoms with Gasteiger partial charge in [0.1, 0.15) is 0 Å². The highest BCUT2D eigenvalue weighted by Crippen LogP contribution is 2.62. The molecule has 0 aliphatic heterocycles. The fourth-order valence-corrected chi connectivity index (χ4v) is 20.6. The summed E-state index contributed by atoms with van der Waals surface area (Å²) >= 11 is 0. The van der Waals surface area contributed by atoms with Crippen molar-refractivity contribution in [3.63, 3.8) is 0 Å². The highest BCUT2D eigenvalue weighted by Gasteiger charge is 2.49. The molecule has 0 N–H and O–H groups in total. The van der Waals surface area contributed by atoms with Gasteiger partial charge in [0.2, 0.25) is 0 Å². The van der Waals surface area contributed by atoms with Crippen LogP contribution in [0.1, 0.15) is 244 Å². The molecule has 0 heterocycles. The van der Waals surface area contributed by atoms with Gasteiger partial charge >= 0.3 is 0 Å². The van der Waals surface area contributed by atoms with E-state index in [9.17, 15) is 0 Å². The molecule has 0 saturated carbocycles. The van der Waals surface area contributed by atoms with Crippen molar-refractivity contribution in [2.45, 2.75) is 229 Å². The summed E-state index contributed by atoms with van der Waals surface area (Å²) in [6, 6.07) is 144. The Kier molecular flexibility index (Phi) is 24.3. The van der Waals surface area contributed by atoms with Gasteiger partial charge in [-0.15, -0.1) is 0 Å². The topological polar surface area (TPSA) is 0 Å². The quantitative estimate of drug-likeness (QED) is 0.0960. The van der Waals surface area contributed by atoms with Crippen molar-refractivity contribution < 1.29 is 0 Å². The fraction of sp³-hybridized carbons (Fsp3) is 0.255. The lowest BCUT2D eigenvalue weighted by Crippen LogP contribution is -2.29. The summed E-state index contributed by atoms with van der Waals surface area (Å²) in [6.45, 7) is 60.2. The summed E-state index contributed by atoms with van der Waals surface area (Å²) in [5, 5.41) is 0. The van der Waals surface area contributed by atoms with Gasteiger partial charge in [0, 0.05) is 0 Å². The van der Waals surface area contributed by atoms with Gasteiger partial charge < -0.3 is 0 Å². The summed E-state index contributed by atoms with van der Waals surface area (Å²) in [5.74, 6) is 0. The molecule has 0 saturated heterocycles. The third kappa shape index (κ3) is 19.1. The van der Waals surface area contributed by atoms with E-state index in [0.717, 1.165) is 100 Å². The Hall–Kier alpha value is -13.3. The van der Waals surface area contributed by atoms with Crippen LogP contribution in [0.15, 0.2) is 364 Å². The molecule has 686 valence electrons. The zero-order chi connectivity index (χ0) is 97.2. The third-order valence-electron chi connectivity index (χ3n) is 29.3. The van der Waals surface area contributed by atoms with Gasteiger partial charge in [-0.2, -0.15) is 0 Å². The Bertz CT molecular complexity index is 6350. The van der Waals surface area contributed by atoms with Crippen molar-refractivity contribution in [2.24, 2.45) is 0 Å². The number of fused-ring (bicyclic) bond motifs is 3. The minimum absolute atomic E-state index is 0.0390. The lowest BCUT2D eigenvalue weighted by molar-refractivity contribution is 0.590. The number of hydrogen-bond acceptors (Lipinski definition) is 0. The first-order chi connectivity index (χ1) is 64.7. The molecular formula is C137H138. The van der Waals surface area contributed by atoms with E-state index in [1.165, 1.54) is 134 Å². The van der Waals surface area contributed by atoms with Crippen LogP contribution in [0.25, 0.3) is 156 Å². The minimum Gasteiger partial charge on any atom is -0.0620 e. The molecule has 0 fully saturated rings. The van der Waals surface area contributed by atoms with Crippen LogP contribution in [0.3, 0.4) is 0 Å². The average Bonchev–Trinajstić information content (AvgIpc) is 1.52. The average molecular weight is 1780 g/mol. The minimum atomic E-state index is -1.07. The first kappa shape index (κ1) is 94.1. The van der Waals surface area contributed by atoms with Crippen LogP contribution in [-0.4, -0.2) is 0 Å². The highest BCUT2D eigenvalue weighted by molar-refractivity contribution is 6.00. The Morgan fingerprint density at radius 2 is 0.299 bits per heavy atom. The van der Waals surface area contributed by atoms with E-state index in [1.807, 2.05) is 0 Å². The number of benzene rings is 17. The molecule has 0 nitrogen and oxygen atoms in total. The largest absolute Gasteiger partial charge is 0.0714 e. The fourth-order valence-electron chi connectivity index (χ4n) is 20.6. The SMILES string of the molecule is Cc1ccccc1-c1cccc2c1-c1c(C)cccc1C2(c1cc(-c2cc(-c3ccc(C(C)(C)C)cc3)cc(-c3ccc(C(C)(C)C)cc3)c2)cc(-c2cc(-c3ccc(C(C)(C)C)cc3)cc(-c3ccc(C(C)(C)C)cc3)c2)c1)c1cc(-c2cc(-c3ccc(C(C)(C)C)cc3)cc(-c3ccc(C(C)(C)C)cc3)c2)cc(-c2cc(-c3ccc(C(C)(C)C)cc3)cc(-c3ccc(C(C)(C)C)cc3)c2)c1. The molecule has 1 aliphatic rings. The maximum absolute atomic E-state index is 2.63. The van der Waals surface area contributed by atoms with Crippen LogP contribution in [-0.2, 0) is 48.7 Å². The van der Waals surface area contributed by atoms with Gasteiger partial charge in [0.15, 0.2) is 0 Å². The predicted octanol–water partition coefficient (Wildman–Crippen LogP) is 38.7. The van der Waals surface area contributed by atoms with E-state index in [0.29, 0.717) is 0 Å². The van der Waals surface area contributed by atoms with E-state index in [2.05, 4.69) is 544 Å². The standard InChI is InChI=1S/C137H138/c1-87-31-27-28-33-123(87)124-34-30-36-126-128(124)127-88(2)32-29-35-125(127)137(126,121-83-109(105-73-97(89-37-53-113(54-38-89)129(3,4)5)69-98(74-105)90-39-55-114(56-40-90)130(6,7)8)81-110(84-121)106-75-99(91-41-57-115(58-42-91)131(9,10)11)70-100(76-106)92-43-59-116(60-44-92)132(12,13)14)122-85-111(107-77-101(93-45-61-117(62-46-93)133(15,16)17)71-102(78-107)94-47-63-118(64-48-94)134(18,19)20)82-112(86-122)108-79-103(95-49-65-119(66-50-95)135(21,22)23)72-104(80-108)96-51-67-120(68-52-96)136(24,25)26/h27-86H,1-26H3. The number of hydrogen-bond donors (Lipinski definition) is 0. The van der Waals surface area contributed by atoms with Gasteiger partial charge in [-0.25, -0.2) is 0 Å². The van der Waals surface area contributed by atoms with E-state index in [4.69, 9.17) is 0 Å². The summed E-state index contributed by atoms with van der Waals surface area (Å²) in [6.07, 6.45) is 0. The molecule has 0 atom stereocenters. The summed E-state index contributed by atoms with van der Waals surface area (Å²) in [7, 11) is 0. The molecule has 0 unspecified atom stereocenters. The Balaban J connectivity index is 1.02. The summed E-state index contributed by atoms with van der Waals surface area (Å²) in [5.41, 5.74) is 48.7. The van der Waals surface area contributed by atoms with Crippen LogP contribution < -0.4 is 0 Å². The molecule has 0 heteroatoms. The molecule has 0 aromatic heterocycles. The zero-order valence-electron chi connectivity index (χ0n) is 86.1. The van der Waals surface area contributed by atoms with Crippen molar-refractivity contribution in [2.75, 3.05) is 0 Å². The molecule has 0 bridgehead atoms. The van der Waals surface area contributed by atoms with Gasteiger partial charge in [0.05, 0.1) is 5.41 Å². The molecule has 17 aromatic carbocycles. The van der Waals surface area contributed by atoms with Crippen molar-refractivity contribution in [1.82, 2.24) is 0 Å². The van der Waals surface area contributed by atoms with E-state index >= 15 is 0 Å². The Morgan fingerprint density at radius 3 is 0.496 bits per heavy atom. The monoisotopic (exact) mass is 1780 g/mol. The van der Waals surface area contributed by atoms with Crippen LogP contribution in [0.5, 0.6) is 0 Å². The summed E-state index contributed by atoms with van der Waals surface area (Å²) < 4.78 is 0. The van der Waals surface area contributed by atoms with E-state index in [1.54, 1.807) is 0 Å². The second kappa shape index (κ2) is 35.4. The molecule has 0 radical (unpaired) electrons. The lowest BCUT2D eigenvalue weighted by Gasteiger charge is -2.36. The number of aryl methyl sites for hydroxylation is 2. The van der Waals surface area contributed by atoms with Gasteiger partial charge in [-0.3, -0.25) is 0 Å². The van der Waals surface area contributed by atoms with Crippen LogP contribution >= 0.6 is 0 Å². The molecule has 0 spiro atoms. The molecule has 1 aliphatic carbocycles. The maximum Gasteiger partial charge on any atom is 0.0714 e. The van der Waals surface area contributed by atoms with Crippen molar-refractivity contribution in [3.05, 3.63) is 442 Å². The van der Waals surface area contributed by atoms with Crippen molar-refractivity contribution >= 4 is 0 Å². The first-order valence-corrected chi connectivity index (χ1v) is 49.8. The van der Waals surface area contributed by atoms with Gasteiger partial charge in [0.25, 0.3) is 0 Å². The summed E-state index contributed by atoms with van der Waals surface area (Å²) in [4.78, 5) is 0. The second-order valence-corrected chi connectivity index (χ2v) is 47.7. The van der Waals surface area contributed by atoms with E-state index in [-0.39, 0.29) is 43.3 Å². The van der Waals surface area contributed by atoms with Crippen molar-refractivity contribution in [1.29, 1.82) is 0 Å². The third-order valence-corrected chi connectivity index (χ3v) is 29.3. The molecule has 18 rings (SSSR count). The normalized spacial score (nSPS) is 13.1. The molecular weight excluding hydrogens is 1650 g/mol. The van der Waals surface area contributed by atoms with E-state index < -0.39 is 5.41 Å². The molecule has 0 amide bonds. The number of rotatable bonds is 15. The Morgan fingerprint density at radius 1 is 0.139 bits per heavy atom. The highest BCUT2D eigenvalue weighted by atomic mass is 14.5. The smallest absolute Gasteiger partial charge is 0.0620 e. The van der Waals surface area contributed by atoms with Crippen LogP contribution in [0.4, 0.5) is 0 Å². The van der Waals surface area contributed by atoms with Crippen LogP contribution in [0.2, 0.25) is 0 Å². The lowest BCUT2D eigenvalue weighted by atomic mass is 9.65. The van der Waals surface area contributed by atoms with Crippen LogP contribution in [0, 0.1) is 13.8 Å². The first-order valence-electron chi connectivity index (χ1n) is 49.8. The molecule has 137 heavy (non-hydrogen) atoms. The maximum atomic E-state index is 2.63. The molecule has 17 aromatic rings. The van der Waals surface area contributed by atoms with Crippen molar-refractivity contribution in [3.8, 4) is 156 Å². The van der Waals surface area contributed by atoms with Gasteiger partial charge in [-0.1, -0.05) is 421 Å².